The normalized spacial score (nSPS) is 11.7. The summed E-state index contributed by atoms with van der Waals surface area (Å²) in [6, 6.07) is 13.7. The highest BCUT2D eigenvalue weighted by Crippen LogP contribution is 2.25. The van der Waals surface area contributed by atoms with E-state index >= 15 is 0 Å². The van der Waals surface area contributed by atoms with Crippen molar-refractivity contribution in [1.29, 1.82) is 0 Å². The van der Waals surface area contributed by atoms with Crippen LogP contribution in [0.25, 0.3) is 0 Å². The van der Waals surface area contributed by atoms with Crippen molar-refractivity contribution in [3.63, 3.8) is 0 Å². The fourth-order valence-corrected chi connectivity index (χ4v) is 2.46. The van der Waals surface area contributed by atoms with Crippen molar-refractivity contribution in [3.05, 3.63) is 64.7 Å². The first-order chi connectivity index (χ1) is 10.5. The molecule has 0 aliphatic carbocycles. The molecule has 0 aromatic heterocycles. The van der Waals surface area contributed by atoms with E-state index in [0.29, 0.717) is 11.4 Å². The SMILES string of the molecule is CCC(C(=O)Nc1cc(Cl)ccc1C(=O)O)c1ccccc1. The van der Waals surface area contributed by atoms with Gasteiger partial charge in [0.25, 0.3) is 0 Å². The highest BCUT2D eigenvalue weighted by molar-refractivity contribution is 6.31. The summed E-state index contributed by atoms with van der Waals surface area (Å²) in [6.45, 7) is 1.91. The Balaban J connectivity index is 2.28. The number of anilines is 1. The summed E-state index contributed by atoms with van der Waals surface area (Å²) < 4.78 is 0. The molecular weight excluding hydrogens is 302 g/mol. The number of halogens is 1. The summed E-state index contributed by atoms with van der Waals surface area (Å²) in [6.07, 6.45) is 0.610. The van der Waals surface area contributed by atoms with Crippen molar-refractivity contribution in [2.75, 3.05) is 5.32 Å². The lowest BCUT2D eigenvalue weighted by molar-refractivity contribution is -0.117. The summed E-state index contributed by atoms with van der Waals surface area (Å²) in [5.74, 6) is -1.71. The largest absolute Gasteiger partial charge is 0.478 e. The number of aromatic carboxylic acids is 1. The van der Waals surface area contributed by atoms with Gasteiger partial charge in [-0.25, -0.2) is 4.79 Å². The molecule has 0 spiro atoms. The smallest absolute Gasteiger partial charge is 0.337 e. The number of hydrogen-bond acceptors (Lipinski definition) is 2. The van der Waals surface area contributed by atoms with Crippen LogP contribution >= 0.6 is 11.6 Å². The molecule has 22 heavy (non-hydrogen) atoms. The molecule has 0 heterocycles. The van der Waals surface area contributed by atoms with E-state index in [-0.39, 0.29) is 23.1 Å². The predicted octanol–water partition coefficient (Wildman–Crippen LogP) is 4.17. The zero-order chi connectivity index (χ0) is 16.1. The molecule has 2 N–H and O–H groups in total. The number of benzene rings is 2. The zero-order valence-electron chi connectivity index (χ0n) is 12.0. The molecule has 1 atom stereocenters. The Bertz CT molecular complexity index is 686. The minimum atomic E-state index is -1.11. The second-order valence-corrected chi connectivity index (χ2v) is 5.29. The highest BCUT2D eigenvalue weighted by atomic mass is 35.5. The molecule has 0 saturated heterocycles. The van der Waals surface area contributed by atoms with Gasteiger partial charge in [-0.15, -0.1) is 0 Å². The maximum atomic E-state index is 12.5. The second kappa shape index (κ2) is 7.09. The Labute approximate surface area is 133 Å². The van der Waals surface area contributed by atoms with E-state index in [0.717, 1.165) is 5.56 Å². The van der Waals surface area contributed by atoms with Gasteiger partial charge in [-0.1, -0.05) is 48.9 Å². The molecule has 4 nitrogen and oxygen atoms in total. The lowest BCUT2D eigenvalue weighted by Crippen LogP contribution is -2.22. The fourth-order valence-electron chi connectivity index (χ4n) is 2.28. The molecule has 1 unspecified atom stereocenters. The third-order valence-corrected chi connectivity index (χ3v) is 3.63. The lowest BCUT2D eigenvalue weighted by atomic mass is 9.95. The number of amides is 1. The average Bonchev–Trinajstić information content (AvgIpc) is 2.48. The Morgan fingerprint density at radius 3 is 2.45 bits per heavy atom. The van der Waals surface area contributed by atoms with Crippen molar-refractivity contribution in [2.24, 2.45) is 0 Å². The first kappa shape index (κ1) is 16.0. The monoisotopic (exact) mass is 317 g/mol. The average molecular weight is 318 g/mol. The topological polar surface area (TPSA) is 66.4 Å². The molecule has 2 aromatic rings. The molecular formula is C17H16ClNO3. The molecule has 0 aliphatic heterocycles. The van der Waals surface area contributed by atoms with Crippen LogP contribution in [0.5, 0.6) is 0 Å². The Morgan fingerprint density at radius 1 is 1.18 bits per heavy atom. The summed E-state index contributed by atoms with van der Waals surface area (Å²) in [5, 5.41) is 12.2. The molecule has 0 fully saturated rings. The molecule has 0 saturated carbocycles. The van der Waals surface area contributed by atoms with Gasteiger partial charge in [0.2, 0.25) is 5.91 Å². The van der Waals surface area contributed by atoms with Crippen molar-refractivity contribution in [2.45, 2.75) is 19.3 Å². The number of carbonyl (C=O) groups excluding carboxylic acids is 1. The van der Waals surface area contributed by atoms with E-state index < -0.39 is 5.97 Å². The van der Waals surface area contributed by atoms with E-state index in [9.17, 15) is 14.7 Å². The summed E-state index contributed by atoms with van der Waals surface area (Å²) in [7, 11) is 0. The molecule has 0 radical (unpaired) electrons. The van der Waals surface area contributed by atoms with Crippen molar-refractivity contribution in [3.8, 4) is 0 Å². The Kier molecular flexibility index (Phi) is 5.17. The van der Waals surface area contributed by atoms with Crippen LogP contribution in [0.4, 0.5) is 5.69 Å². The van der Waals surface area contributed by atoms with Gasteiger partial charge in [0.1, 0.15) is 0 Å². The number of carboxylic acid groups (broad SMARTS) is 1. The summed E-state index contributed by atoms with van der Waals surface area (Å²) in [5.41, 5.74) is 1.11. The van der Waals surface area contributed by atoms with Gasteiger partial charge in [-0.3, -0.25) is 4.79 Å². The number of carbonyl (C=O) groups is 2. The predicted molar refractivity (Wildman–Crippen MR) is 86.5 cm³/mol. The van der Waals surface area contributed by atoms with Gasteiger partial charge in [0.05, 0.1) is 17.2 Å². The summed E-state index contributed by atoms with van der Waals surface area (Å²) >= 11 is 5.89. The van der Waals surface area contributed by atoms with Gasteiger partial charge in [0, 0.05) is 5.02 Å². The van der Waals surface area contributed by atoms with Gasteiger partial charge in [-0.05, 0) is 30.2 Å². The molecule has 2 aromatic carbocycles. The van der Waals surface area contributed by atoms with E-state index in [1.807, 2.05) is 37.3 Å². The first-order valence-corrected chi connectivity index (χ1v) is 7.29. The molecule has 5 heteroatoms. The molecule has 0 aliphatic rings. The quantitative estimate of drug-likeness (QED) is 0.869. The minimum absolute atomic E-state index is 0.0145. The first-order valence-electron chi connectivity index (χ1n) is 6.91. The van der Waals surface area contributed by atoms with Crippen LogP contribution in [0.3, 0.4) is 0 Å². The van der Waals surface area contributed by atoms with E-state index in [4.69, 9.17) is 11.6 Å². The van der Waals surface area contributed by atoms with Crippen LogP contribution in [0, 0.1) is 0 Å². The van der Waals surface area contributed by atoms with Crippen LogP contribution in [0.1, 0.15) is 35.2 Å². The Morgan fingerprint density at radius 2 is 1.86 bits per heavy atom. The third-order valence-electron chi connectivity index (χ3n) is 3.40. The highest BCUT2D eigenvalue weighted by Gasteiger charge is 2.21. The maximum absolute atomic E-state index is 12.5. The van der Waals surface area contributed by atoms with Crippen molar-refractivity contribution < 1.29 is 14.7 Å². The summed E-state index contributed by atoms with van der Waals surface area (Å²) in [4.78, 5) is 23.7. The van der Waals surface area contributed by atoms with Crippen molar-refractivity contribution >= 4 is 29.2 Å². The molecule has 2 rings (SSSR count). The van der Waals surface area contributed by atoms with Gasteiger partial charge < -0.3 is 10.4 Å². The molecule has 0 bridgehead atoms. The fraction of sp³-hybridized carbons (Fsp3) is 0.176. The van der Waals surface area contributed by atoms with Gasteiger partial charge in [0.15, 0.2) is 0 Å². The number of carboxylic acids is 1. The van der Waals surface area contributed by atoms with Crippen molar-refractivity contribution in [1.82, 2.24) is 0 Å². The molecule has 1 amide bonds. The Hall–Kier alpha value is -2.33. The van der Waals surface area contributed by atoms with Crippen LogP contribution in [0.15, 0.2) is 48.5 Å². The minimum Gasteiger partial charge on any atom is -0.478 e. The van der Waals surface area contributed by atoms with E-state index in [2.05, 4.69) is 5.32 Å². The maximum Gasteiger partial charge on any atom is 0.337 e. The van der Waals surface area contributed by atoms with Crippen LogP contribution < -0.4 is 5.32 Å². The van der Waals surface area contributed by atoms with E-state index in [1.165, 1.54) is 18.2 Å². The van der Waals surface area contributed by atoms with Crippen LogP contribution in [-0.4, -0.2) is 17.0 Å². The zero-order valence-corrected chi connectivity index (χ0v) is 12.8. The van der Waals surface area contributed by atoms with Crippen LogP contribution in [-0.2, 0) is 4.79 Å². The third kappa shape index (κ3) is 3.65. The second-order valence-electron chi connectivity index (χ2n) is 4.86. The number of rotatable bonds is 5. The van der Waals surface area contributed by atoms with Gasteiger partial charge in [-0.2, -0.15) is 0 Å². The van der Waals surface area contributed by atoms with Gasteiger partial charge >= 0.3 is 5.97 Å². The number of nitrogens with one attached hydrogen (secondary N) is 1. The standard InChI is InChI=1S/C17H16ClNO3/c1-2-13(11-6-4-3-5-7-11)16(20)19-15-10-12(18)8-9-14(15)17(21)22/h3-10,13H,2H2,1H3,(H,19,20)(H,21,22). The molecule has 114 valence electrons. The lowest BCUT2D eigenvalue weighted by Gasteiger charge is -2.16. The van der Waals surface area contributed by atoms with E-state index in [1.54, 1.807) is 0 Å². The van der Waals surface area contributed by atoms with Crippen LogP contribution in [0.2, 0.25) is 5.02 Å². The number of hydrogen-bond donors (Lipinski definition) is 2.